The molecule has 1 heterocycles. The zero-order chi connectivity index (χ0) is 22.0. The number of aryl methyl sites for hydroxylation is 1. The van der Waals surface area contributed by atoms with E-state index in [1.165, 1.54) is 12.1 Å². The normalized spacial score (nSPS) is 16.2. The molecule has 1 saturated carbocycles. The van der Waals surface area contributed by atoms with Gasteiger partial charge in [-0.25, -0.2) is 4.39 Å². The van der Waals surface area contributed by atoms with Crippen LogP contribution >= 0.6 is 0 Å². The molecule has 0 amide bonds. The predicted molar refractivity (Wildman–Crippen MR) is 121 cm³/mol. The van der Waals surface area contributed by atoms with Crippen molar-refractivity contribution in [2.75, 3.05) is 6.61 Å². The fourth-order valence-electron chi connectivity index (χ4n) is 4.06. The summed E-state index contributed by atoms with van der Waals surface area (Å²) < 4.78 is 13.6. The van der Waals surface area contributed by atoms with Gasteiger partial charge >= 0.3 is 0 Å². The molecule has 0 unspecified atom stereocenters. The largest absolute Gasteiger partial charge is 0.396 e. The molecule has 4 rings (SSSR count). The SMILES string of the molecule is Cc1cccc2c(-c3ccc(F)cc3)c(/C=C/[C@@H](O)C[C@@H](O)CCO)c(C3CC3)nc12. The number of hydrogen-bond donors (Lipinski definition) is 3. The second-order valence-corrected chi connectivity index (χ2v) is 8.37. The molecule has 0 saturated heterocycles. The third kappa shape index (κ3) is 4.85. The van der Waals surface area contributed by atoms with Crippen LogP contribution in [0.2, 0.25) is 0 Å². The summed E-state index contributed by atoms with van der Waals surface area (Å²) >= 11 is 0. The lowest BCUT2D eigenvalue weighted by Crippen LogP contribution is -2.17. The van der Waals surface area contributed by atoms with Gasteiger partial charge in [-0.3, -0.25) is 4.98 Å². The number of aliphatic hydroxyl groups is 3. The maximum atomic E-state index is 13.6. The minimum Gasteiger partial charge on any atom is -0.396 e. The summed E-state index contributed by atoms with van der Waals surface area (Å²) in [5.74, 6) is 0.0890. The minimum atomic E-state index is -0.845. The van der Waals surface area contributed by atoms with Gasteiger partial charge in [-0.05, 0) is 49.4 Å². The number of nitrogens with zero attached hydrogens (tertiary/aromatic N) is 1. The fraction of sp³-hybridized carbons (Fsp3) is 0.346. The minimum absolute atomic E-state index is 0.119. The van der Waals surface area contributed by atoms with Gasteiger partial charge in [0.05, 0.1) is 23.4 Å². The summed E-state index contributed by atoms with van der Waals surface area (Å²) in [6.07, 6.45) is 4.50. The lowest BCUT2D eigenvalue weighted by Gasteiger charge is -2.17. The molecule has 1 aliphatic carbocycles. The highest BCUT2D eigenvalue weighted by Crippen LogP contribution is 2.45. The number of pyridine rings is 1. The number of halogens is 1. The Kier molecular flexibility index (Phi) is 6.46. The maximum absolute atomic E-state index is 13.6. The number of para-hydroxylation sites is 1. The molecule has 1 aromatic heterocycles. The van der Waals surface area contributed by atoms with E-state index in [1.54, 1.807) is 18.2 Å². The van der Waals surface area contributed by atoms with E-state index in [9.17, 15) is 14.6 Å². The van der Waals surface area contributed by atoms with Crippen molar-refractivity contribution in [1.82, 2.24) is 4.98 Å². The molecule has 4 nitrogen and oxygen atoms in total. The number of aliphatic hydroxyl groups excluding tert-OH is 3. The summed E-state index contributed by atoms with van der Waals surface area (Å²) in [5, 5.41) is 30.3. The van der Waals surface area contributed by atoms with Gasteiger partial charge in [0.2, 0.25) is 0 Å². The van der Waals surface area contributed by atoms with Crippen molar-refractivity contribution in [3.05, 3.63) is 71.2 Å². The molecule has 3 N–H and O–H groups in total. The molecular formula is C26H28FNO3. The Bertz CT molecular complexity index is 1090. The van der Waals surface area contributed by atoms with E-state index >= 15 is 0 Å². The van der Waals surface area contributed by atoms with Crippen LogP contribution in [0.1, 0.15) is 48.4 Å². The molecule has 31 heavy (non-hydrogen) atoms. The van der Waals surface area contributed by atoms with Crippen LogP contribution in [-0.4, -0.2) is 39.1 Å². The molecule has 2 aromatic carbocycles. The van der Waals surface area contributed by atoms with Gasteiger partial charge in [0.15, 0.2) is 0 Å². The number of aromatic nitrogens is 1. The smallest absolute Gasteiger partial charge is 0.123 e. The lowest BCUT2D eigenvalue weighted by molar-refractivity contribution is 0.0827. The molecular weight excluding hydrogens is 393 g/mol. The van der Waals surface area contributed by atoms with Crippen molar-refractivity contribution in [3.63, 3.8) is 0 Å². The highest BCUT2D eigenvalue weighted by molar-refractivity contribution is 6.00. The number of benzene rings is 2. The molecule has 1 fully saturated rings. The van der Waals surface area contributed by atoms with Crippen molar-refractivity contribution < 1.29 is 19.7 Å². The van der Waals surface area contributed by atoms with E-state index in [1.807, 2.05) is 31.2 Å². The Morgan fingerprint density at radius 2 is 1.87 bits per heavy atom. The highest BCUT2D eigenvalue weighted by Gasteiger charge is 2.30. The van der Waals surface area contributed by atoms with Gasteiger partial charge in [-0.1, -0.05) is 42.5 Å². The van der Waals surface area contributed by atoms with E-state index in [0.717, 1.165) is 51.7 Å². The van der Waals surface area contributed by atoms with Gasteiger partial charge in [-0.2, -0.15) is 0 Å². The monoisotopic (exact) mass is 421 g/mol. The van der Waals surface area contributed by atoms with Crippen LogP contribution in [0.3, 0.4) is 0 Å². The van der Waals surface area contributed by atoms with E-state index in [4.69, 9.17) is 10.1 Å². The molecule has 3 aromatic rings. The van der Waals surface area contributed by atoms with Crippen LogP contribution in [0.4, 0.5) is 4.39 Å². The van der Waals surface area contributed by atoms with Gasteiger partial charge < -0.3 is 15.3 Å². The van der Waals surface area contributed by atoms with Crippen molar-refractivity contribution >= 4 is 17.0 Å². The molecule has 5 heteroatoms. The molecule has 0 bridgehead atoms. The van der Waals surface area contributed by atoms with E-state index in [2.05, 4.69) is 0 Å². The predicted octanol–water partition coefficient (Wildman–Crippen LogP) is 4.73. The van der Waals surface area contributed by atoms with Gasteiger partial charge in [0, 0.05) is 35.5 Å². The van der Waals surface area contributed by atoms with Gasteiger partial charge in [0.1, 0.15) is 5.82 Å². The zero-order valence-electron chi connectivity index (χ0n) is 17.6. The lowest BCUT2D eigenvalue weighted by atomic mass is 9.91. The Hall–Kier alpha value is -2.60. The number of hydrogen-bond acceptors (Lipinski definition) is 4. The Labute approximate surface area is 181 Å². The Morgan fingerprint density at radius 1 is 1.13 bits per heavy atom. The second-order valence-electron chi connectivity index (χ2n) is 8.37. The summed E-state index contributed by atoms with van der Waals surface area (Å²) in [7, 11) is 0. The summed E-state index contributed by atoms with van der Waals surface area (Å²) in [6.45, 7) is 1.92. The summed E-state index contributed by atoms with van der Waals surface area (Å²) in [4.78, 5) is 5.02. The van der Waals surface area contributed by atoms with Crippen molar-refractivity contribution in [2.24, 2.45) is 0 Å². The molecule has 2 atom stereocenters. The third-order valence-corrected chi connectivity index (χ3v) is 5.84. The van der Waals surface area contributed by atoms with Crippen molar-refractivity contribution in [1.29, 1.82) is 0 Å². The van der Waals surface area contributed by atoms with Crippen LogP contribution < -0.4 is 0 Å². The van der Waals surface area contributed by atoms with Crippen molar-refractivity contribution in [2.45, 2.75) is 50.7 Å². The maximum Gasteiger partial charge on any atom is 0.123 e. The summed E-state index contributed by atoms with van der Waals surface area (Å²) in [5.41, 5.74) is 5.85. The standard InChI is InChI=1S/C26H28FNO3/c1-16-3-2-4-22-24(17-7-9-19(27)10-8-17)23(26(18-5-6-18)28-25(16)22)12-11-20(30)15-21(31)13-14-29/h2-4,7-12,18,20-21,29-31H,5-6,13-15H2,1H3/b12-11+/t20-,21+/m1/s1. The second kappa shape index (κ2) is 9.27. The highest BCUT2D eigenvalue weighted by atomic mass is 19.1. The first-order chi connectivity index (χ1) is 15.0. The van der Waals surface area contributed by atoms with Gasteiger partial charge in [-0.15, -0.1) is 0 Å². The first kappa shape index (κ1) is 21.6. The topological polar surface area (TPSA) is 73.6 Å². The van der Waals surface area contributed by atoms with E-state index < -0.39 is 12.2 Å². The third-order valence-electron chi connectivity index (χ3n) is 5.84. The Balaban J connectivity index is 1.86. The molecule has 0 radical (unpaired) electrons. The van der Waals surface area contributed by atoms with E-state index in [-0.39, 0.29) is 25.3 Å². The van der Waals surface area contributed by atoms with Crippen LogP contribution in [-0.2, 0) is 0 Å². The van der Waals surface area contributed by atoms with Gasteiger partial charge in [0.25, 0.3) is 0 Å². The first-order valence-corrected chi connectivity index (χ1v) is 10.8. The molecule has 0 aliphatic heterocycles. The summed E-state index contributed by atoms with van der Waals surface area (Å²) in [6, 6.07) is 12.6. The zero-order valence-corrected chi connectivity index (χ0v) is 17.6. The average molecular weight is 422 g/mol. The molecule has 1 aliphatic rings. The van der Waals surface area contributed by atoms with Crippen molar-refractivity contribution in [3.8, 4) is 11.1 Å². The molecule has 0 spiro atoms. The van der Waals surface area contributed by atoms with Crippen LogP contribution in [0.25, 0.3) is 28.1 Å². The first-order valence-electron chi connectivity index (χ1n) is 10.8. The molecule has 162 valence electrons. The average Bonchev–Trinajstić information content (AvgIpc) is 3.58. The fourth-order valence-corrected chi connectivity index (χ4v) is 4.06. The van der Waals surface area contributed by atoms with E-state index in [0.29, 0.717) is 5.92 Å². The Morgan fingerprint density at radius 3 is 2.55 bits per heavy atom. The van der Waals surface area contributed by atoms with Crippen LogP contribution in [0, 0.1) is 12.7 Å². The van der Waals surface area contributed by atoms with Crippen LogP contribution in [0.15, 0.2) is 48.5 Å². The quantitative estimate of drug-likeness (QED) is 0.491. The van der Waals surface area contributed by atoms with Crippen LogP contribution in [0.5, 0.6) is 0 Å². The number of rotatable bonds is 8. The number of fused-ring (bicyclic) bond motifs is 1.